The molecule has 1 saturated carbocycles. The van der Waals surface area contributed by atoms with Gasteiger partial charge in [0.25, 0.3) is 0 Å². The van der Waals surface area contributed by atoms with Crippen LogP contribution in [0, 0.1) is 13.8 Å². The molecule has 0 amide bonds. The van der Waals surface area contributed by atoms with E-state index in [4.69, 9.17) is 21.1 Å². The Kier molecular flexibility index (Phi) is 5.87. The summed E-state index contributed by atoms with van der Waals surface area (Å²) < 4.78 is 5.22. The molecule has 0 atom stereocenters. The monoisotopic (exact) mass is 374 g/mol. The summed E-state index contributed by atoms with van der Waals surface area (Å²) in [5.74, 6) is 1.75. The molecule has 0 spiro atoms. The maximum atomic E-state index is 6.16. The third kappa shape index (κ3) is 4.39. The average molecular weight is 375 g/mol. The highest BCUT2D eigenvalue weighted by Crippen LogP contribution is 2.48. The zero-order valence-electron chi connectivity index (χ0n) is 15.7. The van der Waals surface area contributed by atoms with Crippen LogP contribution in [0.5, 0.6) is 0 Å². The van der Waals surface area contributed by atoms with Crippen LogP contribution >= 0.6 is 11.6 Å². The highest BCUT2D eigenvalue weighted by atomic mass is 35.5. The Bertz CT molecular complexity index is 760. The number of guanidine groups is 1. The Morgan fingerprint density at radius 3 is 2.73 bits per heavy atom. The summed E-state index contributed by atoms with van der Waals surface area (Å²) >= 11 is 6.16. The van der Waals surface area contributed by atoms with Crippen molar-refractivity contribution in [1.29, 1.82) is 0 Å². The molecule has 5 nitrogen and oxygen atoms in total. The molecule has 0 bridgehead atoms. The number of rotatable bonds is 7. The maximum absolute atomic E-state index is 6.16. The topological polar surface area (TPSA) is 62.5 Å². The van der Waals surface area contributed by atoms with Gasteiger partial charge in [-0.1, -0.05) is 28.9 Å². The lowest BCUT2D eigenvalue weighted by Gasteiger charge is -2.16. The van der Waals surface area contributed by atoms with E-state index in [1.54, 1.807) is 0 Å². The first-order valence-electron chi connectivity index (χ1n) is 9.24. The largest absolute Gasteiger partial charge is 0.361 e. The van der Waals surface area contributed by atoms with Crippen LogP contribution in [0.15, 0.2) is 33.8 Å². The summed E-state index contributed by atoms with van der Waals surface area (Å²) in [5.41, 5.74) is 3.57. The highest BCUT2D eigenvalue weighted by molar-refractivity contribution is 6.30. The minimum absolute atomic E-state index is 0.148. The second kappa shape index (κ2) is 8.12. The molecule has 2 aromatic rings. The van der Waals surface area contributed by atoms with E-state index in [1.807, 2.05) is 26.0 Å². The van der Waals surface area contributed by atoms with Gasteiger partial charge in [-0.3, -0.25) is 4.99 Å². The second-order valence-corrected chi connectivity index (χ2v) is 7.40. The lowest BCUT2D eigenvalue weighted by Crippen LogP contribution is -2.39. The van der Waals surface area contributed by atoms with Crippen LogP contribution in [-0.2, 0) is 11.8 Å². The van der Waals surface area contributed by atoms with Gasteiger partial charge in [-0.15, -0.1) is 0 Å². The minimum Gasteiger partial charge on any atom is -0.361 e. The molecule has 140 valence electrons. The predicted molar refractivity (Wildman–Crippen MR) is 106 cm³/mol. The SMILES string of the molecule is CCNC(=NCC1(c2cccc(Cl)c2)CC1)NCCc1c(C)noc1C. The van der Waals surface area contributed by atoms with Gasteiger partial charge in [0.15, 0.2) is 5.96 Å². The van der Waals surface area contributed by atoms with Gasteiger partial charge in [0, 0.05) is 29.1 Å². The fourth-order valence-corrected chi connectivity index (χ4v) is 3.43. The van der Waals surface area contributed by atoms with E-state index in [0.29, 0.717) is 0 Å². The van der Waals surface area contributed by atoms with Crippen molar-refractivity contribution in [3.8, 4) is 0 Å². The molecule has 1 aliphatic carbocycles. The number of nitrogens with one attached hydrogen (secondary N) is 2. The van der Waals surface area contributed by atoms with Crippen LogP contribution in [0.25, 0.3) is 0 Å². The van der Waals surface area contributed by atoms with Gasteiger partial charge in [-0.25, -0.2) is 0 Å². The van der Waals surface area contributed by atoms with E-state index in [2.05, 4.69) is 34.8 Å². The van der Waals surface area contributed by atoms with Gasteiger partial charge >= 0.3 is 0 Å². The Balaban J connectivity index is 1.60. The molecule has 0 saturated heterocycles. The number of aromatic nitrogens is 1. The summed E-state index contributed by atoms with van der Waals surface area (Å²) in [6.07, 6.45) is 3.19. The number of hydrogen-bond acceptors (Lipinski definition) is 3. The zero-order chi connectivity index (χ0) is 18.6. The molecule has 1 fully saturated rings. The van der Waals surface area contributed by atoms with Crippen LogP contribution in [0.1, 0.15) is 42.3 Å². The van der Waals surface area contributed by atoms with Crippen molar-refractivity contribution in [2.24, 2.45) is 4.99 Å². The molecule has 1 aliphatic rings. The minimum atomic E-state index is 0.148. The van der Waals surface area contributed by atoms with Gasteiger partial charge in [0.1, 0.15) is 5.76 Å². The summed E-state index contributed by atoms with van der Waals surface area (Å²) in [6, 6.07) is 8.17. The Morgan fingerprint density at radius 2 is 2.12 bits per heavy atom. The highest BCUT2D eigenvalue weighted by Gasteiger charge is 2.44. The third-order valence-corrected chi connectivity index (χ3v) is 5.26. The van der Waals surface area contributed by atoms with Crippen LogP contribution < -0.4 is 10.6 Å². The molecular weight excluding hydrogens is 348 g/mol. The van der Waals surface area contributed by atoms with Crippen molar-refractivity contribution in [3.05, 3.63) is 51.9 Å². The van der Waals surface area contributed by atoms with E-state index in [-0.39, 0.29) is 5.41 Å². The Hall–Kier alpha value is -2.01. The van der Waals surface area contributed by atoms with Crippen molar-refractivity contribution in [2.45, 2.75) is 45.4 Å². The lowest BCUT2D eigenvalue weighted by molar-refractivity contribution is 0.392. The summed E-state index contributed by atoms with van der Waals surface area (Å²) in [7, 11) is 0. The first-order chi connectivity index (χ1) is 12.5. The molecule has 0 aliphatic heterocycles. The van der Waals surface area contributed by atoms with E-state index in [9.17, 15) is 0 Å². The molecule has 1 aromatic carbocycles. The molecule has 6 heteroatoms. The normalized spacial score (nSPS) is 15.8. The standard InChI is InChI=1S/C20H27ClN4O/c1-4-22-19(23-11-8-18-14(2)25-26-15(18)3)24-13-20(9-10-20)16-6-5-7-17(21)12-16/h5-7,12H,4,8-11,13H2,1-3H3,(H2,22,23,24). The fraction of sp³-hybridized carbons (Fsp3) is 0.500. The number of aliphatic imine (C=N–C) groups is 1. The van der Waals surface area contributed by atoms with Crippen LogP contribution in [0.2, 0.25) is 5.02 Å². The first kappa shape index (κ1) is 18.8. The predicted octanol–water partition coefficient (Wildman–Crippen LogP) is 3.77. The number of halogens is 1. The molecule has 1 heterocycles. The van der Waals surface area contributed by atoms with Crippen molar-refractivity contribution in [3.63, 3.8) is 0 Å². The van der Waals surface area contributed by atoms with E-state index in [0.717, 1.165) is 61.3 Å². The number of aryl methyl sites for hydroxylation is 2. The van der Waals surface area contributed by atoms with Crippen LogP contribution in [-0.4, -0.2) is 30.8 Å². The van der Waals surface area contributed by atoms with Crippen molar-refractivity contribution >= 4 is 17.6 Å². The zero-order valence-corrected chi connectivity index (χ0v) is 16.5. The molecule has 3 rings (SSSR count). The number of nitrogens with zero attached hydrogens (tertiary/aromatic N) is 2. The van der Waals surface area contributed by atoms with Gasteiger partial charge in [0.2, 0.25) is 0 Å². The fourth-order valence-electron chi connectivity index (χ4n) is 3.24. The Labute approximate surface area is 160 Å². The van der Waals surface area contributed by atoms with Gasteiger partial charge in [-0.2, -0.15) is 0 Å². The number of hydrogen-bond donors (Lipinski definition) is 2. The van der Waals surface area contributed by atoms with Crippen molar-refractivity contribution < 1.29 is 4.52 Å². The second-order valence-electron chi connectivity index (χ2n) is 6.97. The van der Waals surface area contributed by atoms with Crippen LogP contribution in [0.3, 0.4) is 0 Å². The summed E-state index contributed by atoms with van der Waals surface area (Å²) in [5, 5.41) is 11.6. The molecule has 0 radical (unpaired) electrons. The Morgan fingerprint density at radius 1 is 1.31 bits per heavy atom. The van der Waals surface area contributed by atoms with Gasteiger partial charge in [-0.05, 0) is 57.7 Å². The maximum Gasteiger partial charge on any atom is 0.191 e. The average Bonchev–Trinajstić information content (AvgIpc) is 3.35. The molecule has 2 N–H and O–H groups in total. The van der Waals surface area contributed by atoms with Crippen molar-refractivity contribution in [1.82, 2.24) is 15.8 Å². The smallest absolute Gasteiger partial charge is 0.191 e. The third-order valence-electron chi connectivity index (χ3n) is 5.02. The first-order valence-corrected chi connectivity index (χ1v) is 9.62. The molecule has 0 unspecified atom stereocenters. The summed E-state index contributed by atoms with van der Waals surface area (Å²) in [4.78, 5) is 4.83. The summed E-state index contributed by atoms with van der Waals surface area (Å²) in [6.45, 7) is 8.41. The van der Waals surface area contributed by atoms with Gasteiger partial charge in [0.05, 0.1) is 12.2 Å². The number of benzene rings is 1. The van der Waals surface area contributed by atoms with E-state index >= 15 is 0 Å². The molecule has 1 aromatic heterocycles. The quantitative estimate of drug-likeness (QED) is 0.572. The van der Waals surface area contributed by atoms with Gasteiger partial charge < -0.3 is 15.2 Å². The van der Waals surface area contributed by atoms with Crippen molar-refractivity contribution in [2.75, 3.05) is 19.6 Å². The van der Waals surface area contributed by atoms with E-state index < -0.39 is 0 Å². The molecular formula is C20H27ClN4O. The van der Waals surface area contributed by atoms with Crippen LogP contribution in [0.4, 0.5) is 0 Å². The molecule has 26 heavy (non-hydrogen) atoms. The van der Waals surface area contributed by atoms with E-state index in [1.165, 1.54) is 11.1 Å². The lowest BCUT2D eigenvalue weighted by atomic mass is 9.96.